The van der Waals surface area contributed by atoms with Gasteiger partial charge in [-0.2, -0.15) is 4.31 Å². The first kappa shape index (κ1) is 26.2. The molecule has 0 amide bonds. The van der Waals surface area contributed by atoms with Crippen LogP contribution in [0.25, 0.3) is 0 Å². The maximum Gasteiger partial charge on any atom is 0.269 e. The lowest BCUT2D eigenvalue weighted by Gasteiger charge is -2.32. The summed E-state index contributed by atoms with van der Waals surface area (Å²) in [7, 11) is -3.86. The Hall–Kier alpha value is -2.37. The van der Waals surface area contributed by atoms with Crippen LogP contribution in [0.4, 0.5) is 5.69 Å². The molecule has 2 atom stereocenters. The molecular formula is C24H35N5O4S. The summed E-state index contributed by atoms with van der Waals surface area (Å²) >= 11 is 0. The lowest BCUT2D eigenvalue weighted by molar-refractivity contribution is -0.384. The molecule has 9 nitrogen and oxygen atoms in total. The second-order valence-corrected chi connectivity index (χ2v) is 11.0. The lowest BCUT2D eigenvalue weighted by atomic mass is 10.1. The molecule has 0 aromatic heterocycles. The summed E-state index contributed by atoms with van der Waals surface area (Å²) in [6.07, 6.45) is 0.713. The molecule has 10 heteroatoms. The van der Waals surface area contributed by atoms with Crippen LogP contribution in [0.2, 0.25) is 0 Å². The number of nitro benzene ring substituents is 1. The van der Waals surface area contributed by atoms with Gasteiger partial charge >= 0.3 is 0 Å². The van der Waals surface area contributed by atoms with Gasteiger partial charge in [-0.25, -0.2) is 8.42 Å². The first-order valence-corrected chi connectivity index (χ1v) is 13.1. The number of rotatable bonds is 12. The van der Waals surface area contributed by atoms with Gasteiger partial charge in [-0.3, -0.25) is 15.0 Å². The molecule has 1 saturated heterocycles. The standard InChI is InChI=1S/C24H35N5O4S/c1-19(2)12-15-28(34(32,33)22-10-8-21(9-11-22)29(30)31)24-18-27(17-23(24)26-14-13-25)16-20-6-4-3-5-7-20/h3-11,19,23-24,26H,12-18,25H2,1-2H3. The maximum absolute atomic E-state index is 13.8. The fourth-order valence-electron chi connectivity index (χ4n) is 4.32. The average molecular weight is 490 g/mol. The van der Waals surface area contributed by atoms with Gasteiger partial charge in [-0.15, -0.1) is 0 Å². The molecule has 0 bridgehead atoms. The van der Waals surface area contributed by atoms with Gasteiger partial charge in [0.2, 0.25) is 10.0 Å². The number of nitrogens with two attached hydrogens (primary N) is 1. The first-order chi connectivity index (χ1) is 16.2. The molecule has 0 spiro atoms. The minimum absolute atomic E-state index is 0.0703. The summed E-state index contributed by atoms with van der Waals surface area (Å²) in [5.74, 6) is 0.326. The molecule has 0 radical (unpaired) electrons. The number of likely N-dealkylation sites (tertiary alicyclic amines) is 1. The molecule has 0 saturated carbocycles. The summed E-state index contributed by atoms with van der Waals surface area (Å²) in [4.78, 5) is 12.8. The second-order valence-electron chi connectivity index (χ2n) is 9.15. The van der Waals surface area contributed by atoms with E-state index in [2.05, 4.69) is 36.2 Å². The minimum atomic E-state index is -3.86. The van der Waals surface area contributed by atoms with Crippen molar-refractivity contribution in [2.45, 2.75) is 43.8 Å². The zero-order chi connectivity index (χ0) is 24.7. The van der Waals surface area contributed by atoms with Crippen molar-refractivity contribution in [3.63, 3.8) is 0 Å². The van der Waals surface area contributed by atoms with Crippen molar-refractivity contribution in [3.8, 4) is 0 Å². The van der Waals surface area contributed by atoms with Crippen LogP contribution in [0.3, 0.4) is 0 Å². The van der Waals surface area contributed by atoms with E-state index in [1.807, 2.05) is 18.2 Å². The van der Waals surface area contributed by atoms with Crippen LogP contribution in [0.15, 0.2) is 59.5 Å². The summed E-state index contributed by atoms with van der Waals surface area (Å²) in [6.45, 7) is 7.58. The Morgan fingerprint density at radius 1 is 1.15 bits per heavy atom. The molecule has 1 heterocycles. The topological polar surface area (TPSA) is 122 Å². The number of hydrogen-bond donors (Lipinski definition) is 2. The summed E-state index contributed by atoms with van der Waals surface area (Å²) in [5, 5.41) is 14.5. The van der Waals surface area contributed by atoms with Crippen LogP contribution in [-0.4, -0.2) is 67.4 Å². The van der Waals surface area contributed by atoms with Gasteiger partial charge in [0, 0.05) is 57.4 Å². The third kappa shape index (κ3) is 6.61. The predicted octanol–water partition coefficient (Wildman–Crippen LogP) is 2.43. The third-order valence-electron chi connectivity index (χ3n) is 6.12. The van der Waals surface area contributed by atoms with Crippen molar-refractivity contribution in [2.75, 3.05) is 32.7 Å². The Balaban J connectivity index is 1.91. The van der Waals surface area contributed by atoms with Gasteiger partial charge in [-0.05, 0) is 30.0 Å². The van der Waals surface area contributed by atoms with E-state index in [9.17, 15) is 18.5 Å². The largest absolute Gasteiger partial charge is 0.329 e. The van der Waals surface area contributed by atoms with Gasteiger partial charge in [-0.1, -0.05) is 44.2 Å². The van der Waals surface area contributed by atoms with E-state index < -0.39 is 14.9 Å². The van der Waals surface area contributed by atoms with Crippen LogP contribution in [0.1, 0.15) is 25.8 Å². The quantitative estimate of drug-likeness (QED) is 0.347. The third-order valence-corrected chi connectivity index (χ3v) is 8.05. The Kier molecular flexibility index (Phi) is 9.15. The van der Waals surface area contributed by atoms with E-state index in [-0.39, 0.29) is 22.7 Å². The molecule has 3 N–H and O–H groups in total. The first-order valence-electron chi connectivity index (χ1n) is 11.7. The fourth-order valence-corrected chi connectivity index (χ4v) is 5.99. The van der Waals surface area contributed by atoms with E-state index in [4.69, 9.17) is 5.73 Å². The Morgan fingerprint density at radius 2 is 1.82 bits per heavy atom. The van der Waals surface area contributed by atoms with E-state index >= 15 is 0 Å². The number of nitro groups is 1. The number of benzene rings is 2. The highest BCUT2D eigenvalue weighted by atomic mass is 32.2. The molecule has 2 unspecified atom stereocenters. The average Bonchev–Trinajstić information content (AvgIpc) is 3.20. The molecule has 3 rings (SSSR count). The van der Waals surface area contributed by atoms with E-state index in [1.54, 1.807) is 4.31 Å². The van der Waals surface area contributed by atoms with Crippen LogP contribution < -0.4 is 11.1 Å². The normalized spacial score (nSPS) is 19.2. The highest BCUT2D eigenvalue weighted by Crippen LogP contribution is 2.27. The number of hydrogen-bond acceptors (Lipinski definition) is 7. The summed E-state index contributed by atoms with van der Waals surface area (Å²) < 4.78 is 29.2. The molecule has 2 aromatic rings. The van der Waals surface area contributed by atoms with Crippen LogP contribution in [0, 0.1) is 16.0 Å². The highest BCUT2D eigenvalue weighted by molar-refractivity contribution is 7.89. The van der Waals surface area contributed by atoms with Gasteiger partial charge in [0.05, 0.1) is 15.9 Å². The number of nitrogens with one attached hydrogen (secondary N) is 1. The monoisotopic (exact) mass is 489 g/mol. The minimum Gasteiger partial charge on any atom is -0.329 e. The van der Waals surface area contributed by atoms with Crippen LogP contribution in [0.5, 0.6) is 0 Å². The fraction of sp³-hybridized carbons (Fsp3) is 0.500. The molecule has 1 aliphatic heterocycles. The number of sulfonamides is 1. The number of nitrogens with zero attached hydrogens (tertiary/aromatic N) is 3. The zero-order valence-electron chi connectivity index (χ0n) is 19.8. The molecule has 2 aromatic carbocycles. The zero-order valence-corrected chi connectivity index (χ0v) is 20.7. The molecular weight excluding hydrogens is 454 g/mol. The van der Waals surface area contributed by atoms with Crippen LogP contribution in [-0.2, 0) is 16.6 Å². The van der Waals surface area contributed by atoms with Gasteiger partial charge in [0.15, 0.2) is 0 Å². The van der Waals surface area contributed by atoms with Crippen molar-refractivity contribution >= 4 is 15.7 Å². The molecule has 1 aliphatic rings. The van der Waals surface area contributed by atoms with Crippen molar-refractivity contribution in [1.29, 1.82) is 0 Å². The van der Waals surface area contributed by atoms with Gasteiger partial charge in [0.1, 0.15) is 0 Å². The highest BCUT2D eigenvalue weighted by Gasteiger charge is 2.41. The Bertz CT molecular complexity index is 1030. The van der Waals surface area contributed by atoms with Crippen molar-refractivity contribution in [2.24, 2.45) is 11.7 Å². The van der Waals surface area contributed by atoms with Gasteiger partial charge in [0.25, 0.3) is 5.69 Å². The molecule has 0 aliphatic carbocycles. The Morgan fingerprint density at radius 3 is 2.41 bits per heavy atom. The maximum atomic E-state index is 13.8. The molecule has 186 valence electrons. The van der Waals surface area contributed by atoms with Crippen LogP contribution >= 0.6 is 0 Å². The molecule has 1 fully saturated rings. The Labute approximate surface area is 202 Å². The number of non-ortho nitro benzene ring substituents is 1. The smallest absolute Gasteiger partial charge is 0.269 e. The van der Waals surface area contributed by atoms with E-state index in [0.717, 1.165) is 6.54 Å². The van der Waals surface area contributed by atoms with Crippen molar-refractivity contribution in [1.82, 2.24) is 14.5 Å². The second kappa shape index (κ2) is 11.9. The summed E-state index contributed by atoms with van der Waals surface area (Å²) in [5.41, 5.74) is 6.78. The lowest BCUT2D eigenvalue weighted by Crippen LogP contribution is -2.52. The molecule has 34 heavy (non-hydrogen) atoms. The SMILES string of the molecule is CC(C)CCN(C1CN(Cc2ccccc2)CC1NCCN)S(=O)(=O)c1ccc([N+](=O)[O-])cc1. The van der Waals surface area contributed by atoms with E-state index in [0.29, 0.717) is 45.1 Å². The summed E-state index contributed by atoms with van der Waals surface area (Å²) in [6, 6.07) is 14.9. The van der Waals surface area contributed by atoms with Crippen molar-refractivity contribution in [3.05, 3.63) is 70.3 Å². The van der Waals surface area contributed by atoms with Crippen molar-refractivity contribution < 1.29 is 13.3 Å². The van der Waals surface area contributed by atoms with E-state index in [1.165, 1.54) is 29.8 Å². The predicted molar refractivity (Wildman–Crippen MR) is 133 cm³/mol. The van der Waals surface area contributed by atoms with Gasteiger partial charge < -0.3 is 11.1 Å².